The minimum Gasteiger partial charge on any atom is -0.372 e. The number of hydrogen-bond acceptors (Lipinski definition) is 1. The first-order valence-corrected chi connectivity index (χ1v) is 9.21. The average Bonchev–Trinajstić information content (AvgIpc) is 2.75. The van der Waals surface area contributed by atoms with Gasteiger partial charge in [-0.15, -0.1) is 0 Å². The van der Waals surface area contributed by atoms with Crippen molar-refractivity contribution in [2.24, 2.45) is 0 Å². The van der Waals surface area contributed by atoms with E-state index in [2.05, 4.69) is 45.7 Å². The second kappa shape index (κ2) is 6.45. The van der Waals surface area contributed by atoms with E-state index in [-0.39, 0.29) is 22.9 Å². The number of ether oxygens (including phenoxy) is 1. The quantitative estimate of drug-likeness (QED) is 0.609. The summed E-state index contributed by atoms with van der Waals surface area (Å²) in [6.07, 6.45) is 3.30. The van der Waals surface area contributed by atoms with Crippen molar-refractivity contribution in [2.45, 2.75) is 50.2 Å². The van der Waals surface area contributed by atoms with Gasteiger partial charge in [0, 0.05) is 16.1 Å². The smallest absolute Gasteiger partial charge is 0.123 e. The Morgan fingerprint density at radius 1 is 1.35 bits per heavy atom. The molecular formula is C16H21Br2FO. The molecule has 1 unspecified atom stereocenters. The first-order valence-electron chi connectivity index (χ1n) is 6.97. The number of benzene rings is 1. The minimum atomic E-state index is -0.179. The molecule has 1 aromatic carbocycles. The molecule has 0 saturated carbocycles. The molecule has 112 valence electrons. The molecule has 1 heterocycles. The van der Waals surface area contributed by atoms with Crippen LogP contribution < -0.4 is 0 Å². The van der Waals surface area contributed by atoms with Gasteiger partial charge in [0.1, 0.15) is 5.82 Å². The molecule has 0 amide bonds. The normalized spacial score (nSPS) is 22.1. The largest absolute Gasteiger partial charge is 0.372 e. The first-order chi connectivity index (χ1) is 9.41. The van der Waals surface area contributed by atoms with E-state index in [4.69, 9.17) is 4.74 Å². The Bertz CT molecular complexity index is 458. The summed E-state index contributed by atoms with van der Waals surface area (Å²) in [7, 11) is 0. The number of halogens is 3. The van der Waals surface area contributed by atoms with Crippen LogP contribution in [0.3, 0.4) is 0 Å². The van der Waals surface area contributed by atoms with Gasteiger partial charge in [-0.25, -0.2) is 4.39 Å². The lowest BCUT2D eigenvalue weighted by Crippen LogP contribution is -2.35. The number of rotatable bonds is 5. The lowest BCUT2D eigenvalue weighted by atomic mass is 9.79. The van der Waals surface area contributed by atoms with E-state index in [0.717, 1.165) is 35.5 Å². The summed E-state index contributed by atoms with van der Waals surface area (Å²) in [5.41, 5.74) is 0.865. The predicted molar refractivity (Wildman–Crippen MR) is 88.5 cm³/mol. The Hall–Kier alpha value is 0.0700. The van der Waals surface area contributed by atoms with Crippen LogP contribution >= 0.6 is 31.9 Å². The van der Waals surface area contributed by atoms with Crippen LogP contribution in [0.25, 0.3) is 0 Å². The SMILES string of the molecule is CC1(C)CCC(CC(CBr)(CBr)c2cccc(F)c2)O1. The summed E-state index contributed by atoms with van der Waals surface area (Å²) < 4.78 is 19.7. The van der Waals surface area contributed by atoms with E-state index < -0.39 is 0 Å². The first kappa shape index (κ1) is 16.4. The van der Waals surface area contributed by atoms with E-state index in [0.29, 0.717) is 0 Å². The molecule has 1 atom stereocenters. The van der Waals surface area contributed by atoms with Gasteiger partial charge < -0.3 is 4.74 Å². The zero-order valence-electron chi connectivity index (χ0n) is 12.0. The van der Waals surface area contributed by atoms with Gasteiger partial charge in [-0.05, 0) is 50.8 Å². The minimum absolute atomic E-state index is 0.0308. The van der Waals surface area contributed by atoms with Crippen LogP contribution in [0.15, 0.2) is 24.3 Å². The fourth-order valence-corrected chi connectivity index (χ4v) is 4.93. The van der Waals surface area contributed by atoms with E-state index in [1.807, 2.05) is 6.07 Å². The average molecular weight is 408 g/mol. The van der Waals surface area contributed by atoms with Crippen molar-refractivity contribution in [1.82, 2.24) is 0 Å². The Morgan fingerprint density at radius 3 is 2.55 bits per heavy atom. The molecule has 0 radical (unpaired) electrons. The van der Waals surface area contributed by atoms with E-state index in [1.54, 1.807) is 12.1 Å². The number of hydrogen-bond donors (Lipinski definition) is 0. The van der Waals surface area contributed by atoms with Crippen molar-refractivity contribution in [3.05, 3.63) is 35.6 Å². The Kier molecular flexibility index (Phi) is 5.30. The summed E-state index contributed by atoms with van der Waals surface area (Å²) in [5.74, 6) is -0.179. The zero-order valence-corrected chi connectivity index (χ0v) is 15.1. The van der Waals surface area contributed by atoms with Crippen LogP contribution in [0.2, 0.25) is 0 Å². The van der Waals surface area contributed by atoms with Crippen molar-refractivity contribution in [1.29, 1.82) is 0 Å². The van der Waals surface area contributed by atoms with Crippen LogP contribution in [0, 0.1) is 5.82 Å². The topological polar surface area (TPSA) is 9.23 Å². The van der Waals surface area contributed by atoms with Crippen LogP contribution in [0.4, 0.5) is 4.39 Å². The zero-order chi connectivity index (χ0) is 14.8. The van der Waals surface area contributed by atoms with Gasteiger partial charge in [-0.2, -0.15) is 0 Å². The molecule has 0 aliphatic carbocycles. The maximum Gasteiger partial charge on any atom is 0.123 e. The molecule has 20 heavy (non-hydrogen) atoms. The summed E-state index contributed by atoms with van der Waals surface area (Å²) in [4.78, 5) is 0. The van der Waals surface area contributed by atoms with Crippen LogP contribution in [-0.4, -0.2) is 22.4 Å². The third-order valence-electron chi connectivity index (χ3n) is 4.12. The van der Waals surface area contributed by atoms with Gasteiger partial charge in [0.25, 0.3) is 0 Å². The molecule has 1 aliphatic rings. The molecule has 1 aliphatic heterocycles. The summed E-state index contributed by atoms with van der Waals surface area (Å²) in [6.45, 7) is 4.28. The van der Waals surface area contributed by atoms with Gasteiger partial charge in [0.2, 0.25) is 0 Å². The van der Waals surface area contributed by atoms with Crippen molar-refractivity contribution in [2.75, 3.05) is 10.7 Å². The number of alkyl halides is 2. The summed E-state index contributed by atoms with van der Waals surface area (Å²) >= 11 is 7.24. The maximum absolute atomic E-state index is 13.5. The third kappa shape index (κ3) is 3.63. The monoisotopic (exact) mass is 406 g/mol. The van der Waals surface area contributed by atoms with Crippen LogP contribution in [0.1, 0.15) is 38.7 Å². The van der Waals surface area contributed by atoms with Crippen LogP contribution in [-0.2, 0) is 10.2 Å². The van der Waals surface area contributed by atoms with Gasteiger partial charge >= 0.3 is 0 Å². The molecule has 0 bridgehead atoms. The van der Waals surface area contributed by atoms with Crippen molar-refractivity contribution in [3.63, 3.8) is 0 Å². The Labute approximate surface area is 137 Å². The van der Waals surface area contributed by atoms with E-state index >= 15 is 0 Å². The molecule has 2 rings (SSSR count). The maximum atomic E-state index is 13.5. The van der Waals surface area contributed by atoms with Gasteiger partial charge in [0.05, 0.1) is 11.7 Å². The standard InChI is InChI=1S/C16H21Br2FO/c1-15(2)7-6-14(20-15)9-16(10-17,11-18)12-4-3-5-13(19)8-12/h3-5,8,14H,6-7,9-11H2,1-2H3. The molecule has 1 aromatic rings. The molecule has 1 saturated heterocycles. The highest BCUT2D eigenvalue weighted by atomic mass is 79.9. The lowest BCUT2D eigenvalue weighted by Gasteiger charge is -2.34. The molecule has 0 spiro atoms. The van der Waals surface area contributed by atoms with Gasteiger partial charge in [-0.1, -0.05) is 44.0 Å². The second-order valence-corrected chi connectivity index (χ2v) is 7.42. The van der Waals surface area contributed by atoms with Crippen molar-refractivity contribution < 1.29 is 9.13 Å². The molecule has 0 aromatic heterocycles. The molecular weight excluding hydrogens is 387 g/mol. The third-order valence-corrected chi connectivity index (χ3v) is 6.27. The summed E-state index contributed by atoms with van der Waals surface area (Å²) in [5, 5.41) is 1.57. The summed E-state index contributed by atoms with van der Waals surface area (Å²) in [6, 6.07) is 6.92. The van der Waals surface area contributed by atoms with Crippen molar-refractivity contribution >= 4 is 31.9 Å². The van der Waals surface area contributed by atoms with Gasteiger partial charge in [0.15, 0.2) is 0 Å². The van der Waals surface area contributed by atoms with E-state index in [9.17, 15) is 4.39 Å². The molecule has 4 heteroatoms. The Morgan fingerprint density at radius 2 is 2.05 bits per heavy atom. The second-order valence-electron chi connectivity index (χ2n) is 6.30. The lowest BCUT2D eigenvalue weighted by molar-refractivity contribution is -0.0247. The highest BCUT2D eigenvalue weighted by Gasteiger charge is 2.39. The molecule has 0 N–H and O–H groups in total. The Balaban J connectivity index is 2.22. The van der Waals surface area contributed by atoms with Crippen molar-refractivity contribution in [3.8, 4) is 0 Å². The highest BCUT2D eigenvalue weighted by Crippen LogP contribution is 2.40. The van der Waals surface area contributed by atoms with E-state index in [1.165, 1.54) is 6.07 Å². The molecule has 1 fully saturated rings. The fourth-order valence-electron chi connectivity index (χ4n) is 2.89. The predicted octanol–water partition coefficient (Wildman–Crippen LogP) is 5.20. The highest BCUT2D eigenvalue weighted by molar-refractivity contribution is 9.09. The fraction of sp³-hybridized carbons (Fsp3) is 0.625. The van der Waals surface area contributed by atoms with Crippen LogP contribution in [0.5, 0.6) is 0 Å². The van der Waals surface area contributed by atoms with Gasteiger partial charge in [-0.3, -0.25) is 0 Å². The molecule has 1 nitrogen and oxygen atoms in total.